The van der Waals surface area contributed by atoms with Gasteiger partial charge in [-0.3, -0.25) is 4.79 Å². The van der Waals surface area contributed by atoms with E-state index < -0.39 is 11.6 Å². The van der Waals surface area contributed by atoms with E-state index >= 15 is 0 Å². The summed E-state index contributed by atoms with van der Waals surface area (Å²) in [6.45, 7) is 7.34. The van der Waals surface area contributed by atoms with Crippen molar-refractivity contribution in [1.29, 1.82) is 0 Å². The largest absolute Gasteiger partial charge is 0.481 e. The van der Waals surface area contributed by atoms with E-state index in [2.05, 4.69) is 6.58 Å². The molecule has 0 atom stereocenters. The second kappa shape index (κ2) is 4.13. The lowest BCUT2D eigenvalue weighted by Crippen LogP contribution is -2.27. The Hall–Kier alpha value is -0.830. The van der Waals surface area contributed by atoms with Crippen LogP contribution in [0.3, 0.4) is 0 Å². The highest BCUT2D eigenvalue weighted by Crippen LogP contribution is 2.13. The van der Waals surface area contributed by atoms with Crippen LogP contribution in [0.4, 0.5) is 0 Å². The normalized spacial score (nSPS) is 11.1. The average molecular weight is 158 g/mol. The average Bonchev–Trinajstić information content (AvgIpc) is 1.81. The molecule has 0 unspecified atom stereocenters. The topological polar surface area (TPSA) is 46.5 Å². The van der Waals surface area contributed by atoms with Crippen molar-refractivity contribution in [2.75, 3.05) is 6.61 Å². The Morgan fingerprint density at radius 2 is 2.27 bits per heavy atom. The monoisotopic (exact) mass is 158 g/mol. The van der Waals surface area contributed by atoms with Crippen LogP contribution < -0.4 is 0 Å². The lowest BCUT2D eigenvalue weighted by Gasteiger charge is -2.21. The van der Waals surface area contributed by atoms with Crippen LogP contribution in [0.5, 0.6) is 0 Å². The summed E-state index contributed by atoms with van der Waals surface area (Å²) in [4.78, 5) is 10.3. The van der Waals surface area contributed by atoms with Crippen molar-refractivity contribution in [3.8, 4) is 0 Å². The van der Waals surface area contributed by atoms with Gasteiger partial charge < -0.3 is 9.84 Å². The second-order valence-corrected chi connectivity index (χ2v) is 2.93. The number of rotatable bonds is 5. The minimum atomic E-state index is -0.848. The minimum absolute atomic E-state index is 0.0147. The number of carboxylic acid groups (broad SMARTS) is 1. The summed E-state index contributed by atoms with van der Waals surface area (Å²) in [5.74, 6) is -0.848. The molecule has 0 rings (SSSR count). The van der Waals surface area contributed by atoms with E-state index in [1.807, 2.05) is 0 Å². The van der Waals surface area contributed by atoms with E-state index in [9.17, 15) is 4.79 Å². The summed E-state index contributed by atoms with van der Waals surface area (Å²) in [6, 6.07) is 0. The molecule has 0 heterocycles. The Labute approximate surface area is 66.7 Å². The molecule has 1 N–H and O–H groups in total. The molecule has 0 aromatic heterocycles. The van der Waals surface area contributed by atoms with Crippen LogP contribution >= 0.6 is 0 Å². The molecule has 0 radical (unpaired) electrons. The van der Waals surface area contributed by atoms with Crippen LogP contribution in [-0.2, 0) is 9.53 Å². The molecule has 0 fully saturated rings. The molecule has 0 spiro atoms. The van der Waals surface area contributed by atoms with Gasteiger partial charge in [-0.15, -0.1) is 6.58 Å². The van der Waals surface area contributed by atoms with E-state index in [1.54, 1.807) is 19.9 Å². The smallest absolute Gasteiger partial charge is 0.306 e. The summed E-state index contributed by atoms with van der Waals surface area (Å²) in [5, 5.41) is 8.44. The maximum atomic E-state index is 10.3. The molecule has 0 bridgehead atoms. The van der Waals surface area contributed by atoms with Gasteiger partial charge in [0, 0.05) is 0 Å². The van der Waals surface area contributed by atoms with Crippen LogP contribution in [-0.4, -0.2) is 23.3 Å². The molecule has 0 aliphatic rings. The van der Waals surface area contributed by atoms with Gasteiger partial charge in [-0.2, -0.15) is 0 Å². The van der Waals surface area contributed by atoms with Gasteiger partial charge in [0.15, 0.2) is 0 Å². The number of carboxylic acids is 1. The molecule has 0 aliphatic carbocycles. The first-order valence-electron chi connectivity index (χ1n) is 3.44. The summed E-state index contributed by atoms with van der Waals surface area (Å²) in [6.07, 6.45) is 1.62. The highest BCUT2D eigenvalue weighted by Gasteiger charge is 2.21. The van der Waals surface area contributed by atoms with Crippen molar-refractivity contribution in [3.05, 3.63) is 12.7 Å². The predicted octanol–water partition coefficient (Wildman–Crippen LogP) is 1.44. The number of hydrogen-bond acceptors (Lipinski definition) is 2. The molecule has 0 aromatic rings. The van der Waals surface area contributed by atoms with Crippen molar-refractivity contribution >= 4 is 5.97 Å². The zero-order valence-electron chi connectivity index (χ0n) is 6.96. The second-order valence-electron chi connectivity index (χ2n) is 2.93. The summed E-state index contributed by atoms with van der Waals surface area (Å²) < 4.78 is 5.19. The minimum Gasteiger partial charge on any atom is -0.481 e. The van der Waals surface area contributed by atoms with E-state index in [0.717, 1.165) is 0 Å². The summed E-state index contributed by atoms with van der Waals surface area (Å²) >= 11 is 0. The van der Waals surface area contributed by atoms with E-state index in [4.69, 9.17) is 9.84 Å². The van der Waals surface area contributed by atoms with Gasteiger partial charge in [-0.25, -0.2) is 0 Å². The van der Waals surface area contributed by atoms with Gasteiger partial charge in [-0.1, -0.05) is 6.08 Å². The Balaban J connectivity index is 3.78. The number of hydrogen-bond donors (Lipinski definition) is 1. The van der Waals surface area contributed by atoms with Gasteiger partial charge in [-0.05, 0) is 13.8 Å². The van der Waals surface area contributed by atoms with Crippen molar-refractivity contribution in [2.45, 2.75) is 25.9 Å². The Morgan fingerprint density at radius 1 is 1.73 bits per heavy atom. The van der Waals surface area contributed by atoms with Crippen LogP contribution in [0.1, 0.15) is 20.3 Å². The maximum absolute atomic E-state index is 10.3. The Kier molecular flexibility index (Phi) is 3.82. The van der Waals surface area contributed by atoms with Crippen molar-refractivity contribution in [2.24, 2.45) is 0 Å². The first-order chi connectivity index (χ1) is 4.98. The van der Waals surface area contributed by atoms with Gasteiger partial charge in [0.25, 0.3) is 0 Å². The molecule has 0 aromatic carbocycles. The summed E-state index contributed by atoms with van der Waals surface area (Å²) in [7, 11) is 0. The molecule has 64 valence electrons. The fraction of sp³-hybridized carbons (Fsp3) is 0.625. The third-order valence-corrected chi connectivity index (χ3v) is 1.17. The molecule has 0 amide bonds. The molecule has 3 heteroatoms. The zero-order valence-corrected chi connectivity index (χ0v) is 6.96. The molecular formula is C8H14O3. The van der Waals surface area contributed by atoms with Crippen LogP contribution in [0.25, 0.3) is 0 Å². The van der Waals surface area contributed by atoms with Crippen LogP contribution in [0.15, 0.2) is 12.7 Å². The first-order valence-corrected chi connectivity index (χ1v) is 3.44. The molecular weight excluding hydrogens is 144 g/mol. The SMILES string of the molecule is C=CCOC(C)(C)CC(=O)O. The highest BCUT2D eigenvalue weighted by atomic mass is 16.5. The standard InChI is InChI=1S/C8H14O3/c1-4-5-11-8(2,3)6-7(9)10/h4H,1,5-6H2,2-3H3,(H,9,10). The first kappa shape index (κ1) is 10.2. The number of aliphatic carboxylic acids is 1. The highest BCUT2D eigenvalue weighted by molar-refractivity contribution is 5.67. The number of ether oxygens (including phenoxy) is 1. The quantitative estimate of drug-likeness (QED) is 0.616. The Morgan fingerprint density at radius 3 is 2.64 bits per heavy atom. The fourth-order valence-corrected chi connectivity index (χ4v) is 0.700. The number of carbonyl (C=O) groups is 1. The van der Waals surface area contributed by atoms with Gasteiger partial charge in [0.2, 0.25) is 0 Å². The lowest BCUT2D eigenvalue weighted by atomic mass is 10.1. The molecule has 0 saturated carbocycles. The zero-order chi connectivity index (χ0) is 8.91. The van der Waals surface area contributed by atoms with E-state index in [1.165, 1.54) is 0 Å². The molecule has 0 aliphatic heterocycles. The molecule has 11 heavy (non-hydrogen) atoms. The predicted molar refractivity (Wildman–Crippen MR) is 42.5 cm³/mol. The van der Waals surface area contributed by atoms with Crippen molar-refractivity contribution < 1.29 is 14.6 Å². The van der Waals surface area contributed by atoms with E-state index in [0.29, 0.717) is 6.61 Å². The van der Waals surface area contributed by atoms with Gasteiger partial charge in [0.05, 0.1) is 18.6 Å². The third-order valence-electron chi connectivity index (χ3n) is 1.17. The molecule has 3 nitrogen and oxygen atoms in total. The maximum Gasteiger partial charge on any atom is 0.306 e. The van der Waals surface area contributed by atoms with E-state index in [-0.39, 0.29) is 6.42 Å². The van der Waals surface area contributed by atoms with Crippen LogP contribution in [0.2, 0.25) is 0 Å². The molecule has 0 saturated heterocycles. The van der Waals surface area contributed by atoms with Crippen LogP contribution in [0, 0.1) is 0 Å². The fourth-order valence-electron chi connectivity index (χ4n) is 0.700. The van der Waals surface area contributed by atoms with Gasteiger partial charge in [0.1, 0.15) is 0 Å². The van der Waals surface area contributed by atoms with Crippen molar-refractivity contribution in [1.82, 2.24) is 0 Å². The third kappa shape index (κ3) is 5.61. The van der Waals surface area contributed by atoms with Crippen molar-refractivity contribution in [3.63, 3.8) is 0 Å². The lowest BCUT2D eigenvalue weighted by molar-refractivity contribution is -0.143. The van der Waals surface area contributed by atoms with Gasteiger partial charge >= 0.3 is 5.97 Å². The summed E-state index contributed by atoms with van der Waals surface area (Å²) in [5.41, 5.74) is -0.597. The Bertz CT molecular complexity index is 149.